The first-order chi connectivity index (χ1) is 19.1. The summed E-state index contributed by atoms with van der Waals surface area (Å²) in [4.78, 5) is 34.3. The van der Waals surface area contributed by atoms with E-state index in [4.69, 9.17) is 42.6 Å². The van der Waals surface area contributed by atoms with Crippen LogP contribution in [-0.4, -0.2) is 123 Å². The Morgan fingerprint density at radius 2 is 0.846 bits per heavy atom. The molecule has 0 radical (unpaired) electrons. The van der Waals surface area contributed by atoms with Crippen LogP contribution in [-0.2, 0) is 52.2 Å². The largest absolute Gasteiger partial charge is 0.460 e. The van der Waals surface area contributed by atoms with Crippen LogP contribution < -0.4 is 0 Å². The van der Waals surface area contributed by atoms with Gasteiger partial charge in [-0.2, -0.15) is 0 Å². The molecule has 1 rings (SSSR count). The van der Waals surface area contributed by atoms with Gasteiger partial charge in [-0.05, 0) is 0 Å². The molecule has 0 fully saturated rings. The summed E-state index contributed by atoms with van der Waals surface area (Å²) in [5.41, 5.74) is 0.292. The van der Waals surface area contributed by atoms with Gasteiger partial charge in [-0.15, -0.1) is 0 Å². The summed E-state index contributed by atoms with van der Waals surface area (Å²) in [6.07, 6.45) is 1.10. The van der Waals surface area contributed by atoms with Crippen molar-refractivity contribution in [3.63, 3.8) is 0 Å². The van der Waals surface area contributed by atoms with Crippen molar-refractivity contribution in [3.05, 3.63) is 48.6 Å². The third-order valence-corrected chi connectivity index (χ3v) is 4.55. The van der Waals surface area contributed by atoms with E-state index in [-0.39, 0.29) is 19.8 Å². The van der Waals surface area contributed by atoms with Crippen LogP contribution in [0, 0.1) is 0 Å². The Hall–Kier alpha value is -2.71. The number of esters is 2. The molecule has 39 heavy (non-hydrogen) atoms. The van der Waals surface area contributed by atoms with Gasteiger partial charge in [0.2, 0.25) is 0 Å². The molecule has 0 atom stereocenters. The van der Waals surface area contributed by atoms with Gasteiger partial charge in [0.15, 0.2) is 0 Å². The van der Waals surface area contributed by atoms with Gasteiger partial charge in [-0.25, -0.2) is 9.59 Å². The molecule has 0 saturated carbocycles. The van der Waals surface area contributed by atoms with Crippen LogP contribution in [0.25, 0.3) is 0 Å². The lowest BCUT2D eigenvalue weighted by molar-refractivity contribution is -0.140. The molecule has 0 aliphatic rings. The standard InChI is InChI=1S/C27H40O12/c1-2-25(28)38-22-20-36-18-16-34-14-12-32-10-8-31-9-11-33-13-15-35-17-19-37-21-23-39-27(30)26(29)24-6-4-3-5-7-24/h2-7H,1,8-23H2. The topological polar surface area (TPSA) is 134 Å². The number of carbonyl (C=O) groups excluding carboxylic acids is 3. The van der Waals surface area contributed by atoms with Crippen molar-refractivity contribution in [2.75, 3.05) is 106 Å². The third-order valence-electron chi connectivity index (χ3n) is 4.55. The van der Waals surface area contributed by atoms with Crippen LogP contribution in [0.5, 0.6) is 0 Å². The Kier molecular flexibility index (Phi) is 22.5. The van der Waals surface area contributed by atoms with E-state index >= 15 is 0 Å². The van der Waals surface area contributed by atoms with Crippen molar-refractivity contribution in [1.82, 2.24) is 0 Å². The lowest BCUT2D eigenvalue weighted by Gasteiger charge is -2.08. The summed E-state index contributed by atoms with van der Waals surface area (Å²) in [6.45, 7) is 9.08. The molecule has 0 bridgehead atoms. The highest BCUT2D eigenvalue weighted by Gasteiger charge is 2.17. The minimum Gasteiger partial charge on any atom is -0.460 e. The SMILES string of the molecule is C=CC(=O)OCCOCCOCCOCCOCCOCCOCCOCCOC(=O)C(=O)c1ccccc1. The number of carbonyl (C=O) groups is 3. The van der Waals surface area contributed by atoms with E-state index in [1.54, 1.807) is 30.3 Å². The molecule has 0 N–H and O–H groups in total. The summed E-state index contributed by atoms with van der Waals surface area (Å²) in [7, 11) is 0. The van der Waals surface area contributed by atoms with Gasteiger partial charge in [0.25, 0.3) is 5.78 Å². The molecule has 0 aromatic heterocycles. The minimum absolute atomic E-state index is 0.00598. The smallest absolute Gasteiger partial charge is 0.379 e. The third kappa shape index (κ3) is 20.9. The van der Waals surface area contributed by atoms with Gasteiger partial charge in [-0.3, -0.25) is 4.79 Å². The fraction of sp³-hybridized carbons (Fsp3) is 0.593. The van der Waals surface area contributed by atoms with Crippen molar-refractivity contribution in [2.45, 2.75) is 0 Å². The molecule has 0 heterocycles. The van der Waals surface area contributed by atoms with Crippen LogP contribution in [0.4, 0.5) is 0 Å². The molecule has 0 aliphatic heterocycles. The Balaban J connectivity index is 1.71. The van der Waals surface area contributed by atoms with Crippen LogP contribution in [0.3, 0.4) is 0 Å². The number of ether oxygens (including phenoxy) is 9. The highest BCUT2D eigenvalue weighted by atomic mass is 16.6. The highest BCUT2D eigenvalue weighted by Crippen LogP contribution is 2.01. The maximum absolute atomic E-state index is 11.8. The fourth-order valence-electron chi connectivity index (χ4n) is 2.65. The van der Waals surface area contributed by atoms with Gasteiger partial charge >= 0.3 is 11.9 Å². The molecule has 0 aliphatic carbocycles. The Bertz CT molecular complexity index is 771. The zero-order valence-electron chi connectivity index (χ0n) is 22.4. The first kappa shape index (κ1) is 34.3. The van der Waals surface area contributed by atoms with E-state index < -0.39 is 17.7 Å². The quantitative estimate of drug-likeness (QED) is 0.0508. The van der Waals surface area contributed by atoms with Gasteiger partial charge < -0.3 is 42.6 Å². The monoisotopic (exact) mass is 556 g/mol. The lowest BCUT2D eigenvalue weighted by Crippen LogP contribution is -2.20. The second-order valence-corrected chi connectivity index (χ2v) is 7.49. The van der Waals surface area contributed by atoms with Gasteiger partial charge in [0.05, 0.1) is 92.5 Å². The number of hydrogen-bond donors (Lipinski definition) is 0. The number of rotatable bonds is 27. The van der Waals surface area contributed by atoms with Gasteiger partial charge in [-0.1, -0.05) is 36.9 Å². The average Bonchev–Trinajstić information content (AvgIpc) is 2.96. The van der Waals surface area contributed by atoms with Crippen LogP contribution in [0.1, 0.15) is 10.4 Å². The first-order valence-electron chi connectivity index (χ1n) is 12.7. The normalized spacial score (nSPS) is 10.8. The van der Waals surface area contributed by atoms with E-state index in [9.17, 15) is 14.4 Å². The molecule has 0 unspecified atom stereocenters. The number of Topliss-reactive ketones (excluding diaryl/α,β-unsaturated/α-hetero) is 1. The number of hydrogen-bond acceptors (Lipinski definition) is 12. The van der Waals surface area contributed by atoms with Crippen molar-refractivity contribution in [2.24, 2.45) is 0 Å². The van der Waals surface area contributed by atoms with Gasteiger partial charge in [0.1, 0.15) is 13.2 Å². The van der Waals surface area contributed by atoms with Crippen LogP contribution >= 0.6 is 0 Å². The highest BCUT2D eigenvalue weighted by molar-refractivity contribution is 6.40. The summed E-state index contributed by atoms with van der Waals surface area (Å²) < 4.78 is 47.2. The molecule has 12 nitrogen and oxygen atoms in total. The molecule has 1 aromatic carbocycles. The van der Waals surface area contributed by atoms with Crippen molar-refractivity contribution in [1.29, 1.82) is 0 Å². The molecule has 0 saturated heterocycles. The maximum Gasteiger partial charge on any atom is 0.379 e. The summed E-state index contributed by atoms with van der Waals surface area (Å²) in [5.74, 6) is -2.05. The predicted molar refractivity (Wildman–Crippen MR) is 139 cm³/mol. The number of ketones is 1. The zero-order valence-corrected chi connectivity index (χ0v) is 22.4. The Labute approximate surface area is 229 Å². The molecule has 1 aromatic rings. The van der Waals surface area contributed by atoms with Crippen LogP contribution in [0.15, 0.2) is 43.0 Å². The van der Waals surface area contributed by atoms with Crippen molar-refractivity contribution in [3.8, 4) is 0 Å². The van der Waals surface area contributed by atoms with E-state index in [0.717, 1.165) is 6.08 Å². The molecule has 0 amide bonds. The first-order valence-corrected chi connectivity index (χ1v) is 12.7. The molecular formula is C27H40O12. The second kappa shape index (κ2) is 25.6. The minimum atomic E-state index is -0.901. The van der Waals surface area contributed by atoms with E-state index in [1.807, 2.05) is 0 Å². The van der Waals surface area contributed by atoms with E-state index in [0.29, 0.717) is 91.5 Å². The van der Waals surface area contributed by atoms with E-state index in [1.165, 1.54) is 0 Å². The Morgan fingerprint density at radius 3 is 1.21 bits per heavy atom. The van der Waals surface area contributed by atoms with Gasteiger partial charge in [0, 0.05) is 11.6 Å². The van der Waals surface area contributed by atoms with E-state index in [2.05, 4.69) is 6.58 Å². The summed E-state index contributed by atoms with van der Waals surface area (Å²) in [6, 6.07) is 8.23. The summed E-state index contributed by atoms with van der Waals surface area (Å²) >= 11 is 0. The maximum atomic E-state index is 11.8. The molecule has 12 heteroatoms. The summed E-state index contributed by atoms with van der Waals surface area (Å²) in [5, 5.41) is 0. The number of benzene rings is 1. The predicted octanol–water partition coefficient (Wildman–Crippen LogP) is 1.26. The lowest BCUT2D eigenvalue weighted by atomic mass is 10.1. The Morgan fingerprint density at radius 1 is 0.513 bits per heavy atom. The average molecular weight is 557 g/mol. The van der Waals surface area contributed by atoms with Crippen molar-refractivity contribution >= 4 is 17.7 Å². The second-order valence-electron chi connectivity index (χ2n) is 7.49. The zero-order chi connectivity index (χ0) is 28.2. The molecular weight excluding hydrogens is 516 g/mol. The molecule has 0 spiro atoms. The van der Waals surface area contributed by atoms with Crippen LogP contribution in [0.2, 0.25) is 0 Å². The van der Waals surface area contributed by atoms with Crippen molar-refractivity contribution < 1.29 is 57.0 Å². The fourth-order valence-corrected chi connectivity index (χ4v) is 2.65. The molecule has 220 valence electrons.